The maximum atomic E-state index is 12.6. The molecule has 64 heavy (non-hydrogen) atoms. The van der Waals surface area contributed by atoms with E-state index in [2.05, 4.69) is 45.0 Å². The van der Waals surface area contributed by atoms with E-state index in [9.17, 15) is 44.3 Å². The van der Waals surface area contributed by atoms with Crippen LogP contribution in [0.5, 0.6) is 11.6 Å². The maximum absolute atomic E-state index is 12.6. The predicted molar refractivity (Wildman–Crippen MR) is 229 cm³/mol. The summed E-state index contributed by atoms with van der Waals surface area (Å²) in [5.41, 5.74) is 7.58. The van der Waals surface area contributed by atoms with Gasteiger partial charge in [-0.3, -0.25) is 22.9 Å². The molecule has 0 saturated carbocycles. The van der Waals surface area contributed by atoms with Crippen LogP contribution < -0.4 is 10.5 Å². The van der Waals surface area contributed by atoms with E-state index in [0.717, 1.165) is 18.1 Å². The van der Waals surface area contributed by atoms with Crippen LogP contribution in [0.15, 0.2) is 119 Å². The minimum Gasteiger partial charge on any atom is -0.493 e. The molecule has 24 nitrogen and oxygen atoms in total. The first-order valence-corrected chi connectivity index (χ1v) is 23.4. The van der Waals surface area contributed by atoms with Gasteiger partial charge < -0.3 is 15.6 Å². The summed E-state index contributed by atoms with van der Waals surface area (Å²) in [4.78, 5) is 17.0. The molecule has 6 aromatic rings. The number of nitrogens with zero attached hydrogens (tertiary/aromatic N) is 8. The van der Waals surface area contributed by atoms with Crippen molar-refractivity contribution in [3.8, 4) is 11.6 Å². The van der Waals surface area contributed by atoms with Gasteiger partial charge in [0.25, 0.3) is 36.3 Å². The van der Waals surface area contributed by atoms with Crippen LogP contribution in [0.4, 0.5) is 34.1 Å². The molecule has 0 aliphatic rings. The van der Waals surface area contributed by atoms with Crippen LogP contribution in [0.3, 0.4) is 0 Å². The number of imidazole rings is 1. The largest absolute Gasteiger partial charge is 0.493 e. The zero-order chi connectivity index (χ0) is 47.0. The number of aromatic hydroxyl groups is 1. The number of carbonyl (C=O) groups is 1. The highest BCUT2D eigenvalue weighted by Crippen LogP contribution is 2.41. The molecule has 0 unspecified atom stereocenters. The molecular weight excluding hydrogens is 927 g/mol. The number of aromatic nitrogens is 2. The van der Waals surface area contributed by atoms with Gasteiger partial charge in [-0.25, -0.2) is 10.2 Å². The molecule has 0 radical (unpaired) electrons. The Morgan fingerprint density at radius 1 is 0.812 bits per heavy atom. The average molecular weight is 962 g/mol. The number of fused-ring (bicyclic) bond motifs is 3. The molecule has 28 heteroatoms. The van der Waals surface area contributed by atoms with Crippen molar-refractivity contribution in [1.29, 1.82) is 0 Å². The molecule has 1 amide bonds. The van der Waals surface area contributed by atoms with Gasteiger partial charge in [0.05, 0.1) is 64.3 Å². The fourth-order valence-corrected chi connectivity index (χ4v) is 7.06. The highest BCUT2D eigenvalue weighted by atomic mass is 32.2. The number of para-hydroxylation sites is 2. The number of hydrogen-bond donors (Lipinski definition) is 6. The SMILES string of the molecule is CS(=O)(=O)O.Cc1cc(N=Nc2c(C)c(C(N)=O)c3nc4ccccc4n3c2O)c(OCCCS(=O)(=O)O)cc1N=Nc1ccc(N=Nc2ccc(SOOO)cc2)cc1S(=O)(=O)O. The molecule has 0 spiro atoms. The highest BCUT2D eigenvalue weighted by molar-refractivity contribution is 7.94. The summed E-state index contributed by atoms with van der Waals surface area (Å²) in [6.07, 6.45) is 0.584. The predicted octanol–water partition coefficient (Wildman–Crippen LogP) is 7.99. The lowest BCUT2D eigenvalue weighted by atomic mass is 10.1. The van der Waals surface area contributed by atoms with Crippen LogP contribution in [-0.2, 0) is 39.7 Å². The van der Waals surface area contributed by atoms with E-state index in [-0.39, 0.29) is 64.0 Å². The number of azo groups is 3. The van der Waals surface area contributed by atoms with Gasteiger partial charge in [-0.15, -0.1) is 19.7 Å². The molecule has 7 N–H and O–H groups in total. The number of primary amides is 1. The molecule has 0 aliphatic heterocycles. The number of nitrogens with two attached hydrogens (primary N) is 1. The zero-order valence-corrected chi connectivity index (χ0v) is 36.5. The van der Waals surface area contributed by atoms with E-state index >= 15 is 0 Å². The number of aryl methyl sites for hydroxylation is 1. The summed E-state index contributed by atoms with van der Waals surface area (Å²) in [5, 5.41) is 48.1. The van der Waals surface area contributed by atoms with Crippen LogP contribution in [0.25, 0.3) is 16.7 Å². The smallest absolute Gasteiger partial charge is 0.296 e. The fourth-order valence-electron chi connectivity index (χ4n) is 5.57. The Kier molecular flexibility index (Phi) is 15.6. The summed E-state index contributed by atoms with van der Waals surface area (Å²) in [5.74, 6) is -1.85. The quantitative estimate of drug-likeness (QED) is 0.0134. The number of carbonyl (C=O) groups excluding carboxylic acids is 1. The van der Waals surface area contributed by atoms with Gasteiger partial charge in [0, 0.05) is 11.0 Å². The standard InChI is InChI=1S/C35H31N9O12S3.CH4O3S/c1-19-16-27(42-43-32-20(2)31(33(36)45)34-37-24-6-3-4-7-28(24)44(34)35(32)46)29(54-14-5-15-58(48,49)50)18-26(19)41-40-25-13-10-22(17-30(25)59(51,52)53)39-38-21-8-11-23(12-9-21)57-56-55-47;1-5(2,3)4/h3-4,6-13,16-18,46-47H,5,14-15H2,1-2H3,(H2,36,45)(H,48,49,50)(H,51,52,53);1H3,(H,2,3,4). The number of ether oxygens (including phenoxy) is 1. The third-order valence-corrected chi connectivity index (χ3v) is 10.6. The minimum atomic E-state index is -4.86. The molecule has 4 aromatic carbocycles. The van der Waals surface area contributed by atoms with Gasteiger partial charge in [0.2, 0.25) is 5.88 Å². The van der Waals surface area contributed by atoms with Crippen LogP contribution in [0.1, 0.15) is 27.9 Å². The van der Waals surface area contributed by atoms with Gasteiger partial charge >= 0.3 is 0 Å². The summed E-state index contributed by atoms with van der Waals surface area (Å²) in [6, 6.07) is 19.6. The van der Waals surface area contributed by atoms with Gasteiger partial charge in [-0.05, 0) is 92.1 Å². The Balaban J connectivity index is 0.00000146. The van der Waals surface area contributed by atoms with Crippen molar-refractivity contribution < 1.29 is 68.2 Å². The second-order valence-corrected chi connectivity index (χ2v) is 18.3. The Morgan fingerprint density at radius 3 is 2.08 bits per heavy atom. The van der Waals surface area contributed by atoms with E-state index in [0.29, 0.717) is 33.4 Å². The highest BCUT2D eigenvalue weighted by Gasteiger charge is 2.24. The van der Waals surface area contributed by atoms with Crippen molar-refractivity contribution in [3.05, 3.63) is 95.6 Å². The summed E-state index contributed by atoms with van der Waals surface area (Å²) < 4.78 is 104. The van der Waals surface area contributed by atoms with E-state index in [1.54, 1.807) is 55.5 Å². The second-order valence-electron chi connectivity index (χ2n) is 13.1. The molecule has 338 valence electrons. The summed E-state index contributed by atoms with van der Waals surface area (Å²) in [6.45, 7) is 2.89. The molecule has 0 atom stereocenters. The monoisotopic (exact) mass is 961 g/mol. The second kappa shape index (κ2) is 20.4. The zero-order valence-electron chi connectivity index (χ0n) is 33.2. The number of amides is 1. The van der Waals surface area contributed by atoms with Crippen molar-refractivity contribution in [2.75, 3.05) is 18.6 Å². The third-order valence-electron chi connectivity index (χ3n) is 8.29. The molecule has 0 saturated heterocycles. The van der Waals surface area contributed by atoms with Crippen LogP contribution in [0, 0.1) is 13.8 Å². The Labute approximate surface area is 367 Å². The lowest BCUT2D eigenvalue weighted by Crippen LogP contribution is -2.15. The van der Waals surface area contributed by atoms with Gasteiger partial charge in [-0.2, -0.15) is 40.6 Å². The van der Waals surface area contributed by atoms with E-state index in [1.165, 1.54) is 35.6 Å². The lowest BCUT2D eigenvalue weighted by molar-refractivity contribution is -0.432. The summed E-state index contributed by atoms with van der Waals surface area (Å²) >= 11 is 0.738. The average Bonchev–Trinajstić information content (AvgIpc) is 3.59. The Bertz CT molecular complexity index is 3150. The first-order valence-electron chi connectivity index (χ1n) is 17.7. The van der Waals surface area contributed by atoms with E-state index in [1.807, 2.05) is 0 Å². The molecule has 2 heterocycles. The first kappa shape index (κ1) is 48.7. The van der Waals surface area contributed by atoms with Gasteiger partial charge in [-0.1, -0.05) is 17.2 Å². The number of hydrogen-bond acceptors (Lipinski definition) is 20. The van der Waals surface area contributed by atoms with Crippen molar-refractivity contribution in [3.63, 3.8) is 0 Å². The third kappa shape index (κ3) is 13.1. The van der Waals surface area contributed by atoms with Crippen molar-refractivity contribution in [1.82, 2.24) is 9.38 Å². The Hall–Kier alpha value is -6.34. The van der Waals surface area contributed by atoms with Gasteiger partial charge in [0.15, 0.2) is 5.65 Å². The first-order chi connectivity index (χ1) is 30.0. The van der Waals surface area contributed by atoms with Crippen LogP contribution >= 0.6 is 12.0 Å². The molecule has 0 fully saturated rings. The number of pyridine rings is 1. The van der Waals surface area contributed by atoms with Gasteiger partial charge in [0.1, 0.15) is 27.7 Å². The number of benzene rings is 4. The molecule has 2 aromatic heterocycles. The van der Waals surface area contributed by atoms with E-state index < -0.39 is 52.8 Å². The minimum absolute atomic E-state index is 0.00564. The van der Waals surface area contributed by atoms with Crippen molar-refractivity contribution in [2.45, 2.75) is 30.1 Å². The molecule has 0 aliphatic carbocycles. The van der Waals surface area contributed by atoms with Crippen LogP contribution in [-0.4, -0.2) is 83.2 Å². The van der Waals surface area contributed by atoms with Crippen molar-refractivity contribution >= 4 is 99.1 Å². The fraction of sp³-hybridized carbons (Fsp3) is 0.167. The summed E-state index contributed by atoms with van der Waals surface area (Å²) in [7, 11) is -12.8. The Morgan fingerprint density at radius 2 is 1.44 bits per heavy atom. The molecular formula is C36H35N9O15S4. The van der Waals surface area contributed by atoms with E-state index in [4.69, 9.17) is 20.3 Å². The lowest BCUT2D eigenvalue weighted by Gasteiger charge is -2.12. The number of rotatable bonds is 16. The van der Waals surface area contributed by atoms with Crippen LogP contribution in [0.2, 0.25) is 0 Å². The molecule has 6 rings (SSSR count). The normalized spacial score (nSPS) is 12.4. The molecule has 0 bridgehead atoms. The van der Waals surface area contributed by atoms with Crippen molar-refractivity contribution in [2.24, 2.45) is 36.4 Å². The topological polar surface area (TPSA) is 366 Å². The maximum Gasteiger partial charge on any atom is 0.296 e.